The molecule has 0 unspecified atom stereocenters. The monoisotopic (exact) mass is 618 g/mol. The highest BCUT2D eigenvalue weighted by Crippen LogP contribution is 2.37. The average Bonchev–Trinajstić information content (AvgIpc) is 2.95. The number of carbonyl (C=O) groups excluding carboxylic acids is 3. The summed E-state index contributed by atoms with van der Waals surface area (Å²) in [6.07, 6.45) is 1.99. The van der Waals surface area contributed by atoms with Gasteiger partial charge in [-0.2, -0.15) is 8.42 Å². The van der Waals surface area contributed by atoms with E-state index in [4.69, 9.17) is 36.9 Å². The van der Waals surface area contributed by atoms with Gasteiger partial charge in [0.25, 0.3) is 11.8 Å². The van der Waals surface area contributed by atoms with E-state index in [1.165, 1.54) is 49.6 Å². The first-order chi connectivity index (χ1) is 19.5. The van der Waals surface area contributed by atoms with Crippen LogP contribution in [0.15, 0.2) is 71.1 Å². The SMILES string of the molecule is CCCOc1ccc(CN2C(=O)NC(=O)/C(=C\c3cc(Cl)c(OS(=O)(=O)c4ccccc4)c(Cl)c3)C2=O)cc1OC. The van der Waals surface area contributed by atoms with Gasteiger partial charge in [0.05, 0.1) is 30.3 Å². The van der Waals surface area contributed by atoms with E-state index in [9.17, 15) is 22.8 Å². The van der Waals surface area contributed by atoms with Crippen LogP contribution in [0, 0.1) is 0 Å². The summed E-state index contributed by atoms with van der Waals surface area (Å²) in [5.74, 6) is -1.16. The summed E-state index contributed by atoms with van der Waals surface area (Å²) in [5.41, 5.74) is 0.378. The van der Waals surface area contributed by atoms with Gasteiger partial charge in [0.2, 0.25) is 0 Å². The van der Waals surface area contributed by atoms with E-state index in [-0.39, 0.29) is 38.4 Å². The number of nitrogens with zero attached hydrogens (tertiary/aromatic N) is 1. The van der Waals surface area contributed by atoms with E-state index in [1.54, 1.807) is 24.3 Å². The molecule has 10 nitrogen and oxygen atoms in total. The minimum atomic E-state index is -4.24. The standard InChI is InChI=1S/C28H24Cl2N2O8S/c1-3-11-39-23-10-9-17(15-24(23)38-2)16-32-27(34)20(26(33)31-28(32)35)12-18-13-21(29)25(22(30)14-18)40-41(36,37)19-7-5-4-6-8-19/h4-10,12-15H,3,11,16H2,1-2H3,(H,31,33,35)/b20-12+. The quantitative estimate of drug-likeness (QED) is 0.186. The van der Waals surface area contributed by atoms with E-state index in [1.807, 2.05) is 6.92 Å². The molecule has 1 aliphatic rings. The lowest BCUT2D eigenvalue weighted by atomic mass is 10.1. The smallest absolute Gasteiger partial charge is 0.339 e. The number of rotatable bonds is 10. The largest absolute Gasteiger partial charge is 0.493 e. The van der Waals surface area contributed by atoms with Crippen molar-refractivity contribution < 1.29 is 36.5 Å². The maximum atomic E-state index is 13.2. The first-order valence-electron chi connectivity index (χ1n) is 12.2. The minimum absolute atomic E-state index is 0.103. The number of nitrogens with one attached hydrogen (secondary N) is 1. The molecule has 0 aliphatic carbocycles. The van der Waals surface area contributed by atoms with Crippen LogP contribution in [0.1, 0.15) is 24.5 Å². The lowest BCUT2D eigenvalue weighted by Gasteiger charge is -2.26. The molecule has 3 aromatic rings. The first kappa shape index (κ1) is 29.9. The third-order valence-electron chi connectivity index (χ3n) is 5.77. The third kappa shape index (κ3) is 6.82. The fourth-order valence-electron chi connectivity index (χ4n) is 3.82. The Morgan fingerprint density at radius 2 is 1.63 bits per heavy atom. The molecular formula is C28H24Cl2N2O8S. The number of imide groups is 2. The maximum Gasteiger partial charge on any atom is 0.339 e. The van der Waals surface area contributed by atoms with Gasteiger partial charge in [-0.3, -0.25) is 19.8 Å². The maximum absolute atomic E-state index is 13.2. The molecular weight excluding hydrogens is 595 g/mol. The molecule has 4 rings (SSSR count). The molecule has 0 spiro atoms. The predicted molar refractivity (Wildman–Crippen MR) is 152 cm³/mol. The van der Waals surface area contributed by atoms with Crippen LogP contribution in [0.3, 0.4) is 0 Å². The van der Waals surface area contributed by atoms with Crippen molar-refractivity contribution in [2.24, 2.45) is 0 Å². The van der Waals surface area contributed by atoms with E-state index >= 15 is 0 Å². The fourth-order valence-corrected chi connectivity index (χ4v) is 5.47. The normalized spacial score (nSPS) is 14.7. The summed E-state index contributed by atoms with van der Waals surface area (Å²) >= 11 is 12.6. The molecule has 1 aliphatic heterocycles. The van der Waals surface area contributed by atoms with E-state index in [2.05, 4.69) is 5.32 Å². The number of hydrogen-bond acceptors (Lipinski definition) is 8. The van der Waals surface area contributed by atoms with Crippen LogP contribution in [0.25, 0.3) is 6.08 Å². The molecule has 1 heterocycles. The van der Waals surface area contributed by atoms with E-state index in [0.29, 0.717) is 23.7 Å². The number of hydrogen-bond donors (Lipinski definition) is 1. The molecule has 1 saturated heterocycles. The van der Waals surface area contributed by atoms with Gasteiger partial charge < -0.3 is 13.7 Å². The second kappa shape index (κ2) is 12.6. The topological polar surface area (TPSA) is 128 Å². The van der Waals surface area contributed by atoms with E-state index in [0.717, 1.165) is 11.3 Å². The van der Waals surface area contributed by atoms with Crippen molar-refractivity contribution in [3.05, 3.63) is 87.4 Å². The molecule has 0 saturated carbocycles. The third-order valence-corrected chi connectivity index (χ3v) is 7.57. The van der Waals surface area contributed by atoms with Crippen LogP contribution in [-0.2, 0) is 26.3 Å². The van der Waals surface area contributed by atoms with Gasteiger partial charge in [0, 0.05) is 0 Å². The zero-order chi connectivity index (χ0) is 29.7. The van der Waals surface area contributed by atoms with Crippen molar-refractivity contribution in [1.29, 1.82) is 0 Å². The zero-order valence-corrected chi connectivity index (χ0v) is 24.2. The summed E-state index contributed by atoms with van der Waals surface area (Å²) in [5, 5.41) is 1.78. The van der Waals surface area contributed by atoms with Crippen molar-refractivity contribution in [2.45, 2.75) is 24.8 Å². The Bertz CT molecular complexity index is 1620. The molecule has 0 radical (unpaired) electrons. The van der Waals surface area contributed by atoms with Crippen LogP contribution in [0.5, 0.6) is 17.2 Å². The molecule has 214 valence electrons. The Morgan fingerprint density at radius 1 is 0.951 bits per heavy atom. The van der Waals surface area contributed by atoms with Crippen molar-refractivity contribution in [2.75, 3.05) is 13.7 Å². The van der Waals surface area contributed by atoms with Gasteiger partial charge in [0.1, 0.15) is 10.5 Å². The Hall–Kier alpha value is -4.06. The lowest BCUT2D eigenvalue weighted by molar-refractivity contribution is -0.130. The van der Waals surface area contributed by atoms with Crippen molar-refractivity contribution in [3.63, 3.8) is 0 Å². The Kier molecular flexibility index (Phi) is 9.21. The van der Waals surface area contributed by atoms with Crippen LogP contribution in [0.4, 0.5) is 4.79 Å². The highest BCUT2D eigenvalue weighted by molar-refractivity contribution is 7.87. The van der Waals surface area contributed by atoms with Crippen LogP contribution < -0.4 is 19.0 Å². The van der Waals surface area contributed by atoms with Crippen molar-refractivity contribution in [3.8, 4) is 17.2 Å². The molecule has 13 heteroatoms. The van der Waals surface area contributed by atoms with E-state index < -0.39 is 28.0 Å². The number of urea groups is 1. The predicted octanol–water partition coefficient (Wildman–Crippen LogP) is 5.22. The molecule has 0 aromatic heterocycles. The van der Waals surface area contributed by atoms with Crippen LogP contribution >= 0.6 is 23.2 Å². The fraction of sp³-hybridized carbons (Fsp3) is 0.179. The summed E-state index contributed by atoms with van der Waals surface area (Å²) < 4.78 is 41.4. The molecule has 0 atom stereocenters. The number of carbonyl (C=O) groups is 3. The highest BCUT2D eigenvalue weighted by Gasteiger charge is 2.36. The molecule has 0 bridgehead atoms. The van der Waals surface area contributed by atoms with Crippen LogP contribution in [-0.4, -0.2) is 44.9 Å². The van der Waals surface area contributed by atoms with Crippen LogP contribution in [0.2, 0.25) is 10.0 Å². The number of barbiturate groups is 1. The molecule has 41 heavy (non-hydrogen) atoms. The molecule has 1 N–H and O–H groups in total. The minimum Gasteiger partial charge on any atom is -0.493 e. The van der Waals surface area contributed by atoms with Gasteiger partial charge in [-0.25, -0.2) is 4.79 Å². The van der Waals surface area contributed by atoms with Gasteiger partial charge in [-0.05, 0) is 60.0 Å². The first-order valence-corrected chi connectivity index (χ1v) is 14.4. The zero-order valence-electron chi connectivity index (χ0n) is 21.8. The lowest BCUT2D eigenvalue weighted by Crippen LogP contribution is -2.53. The summed E-state index contributed by atoms with van der Waals surface area (Å²) in [7, 11) is -2.76. The van der Waals surface area contributed by atoms with Gasteiger partial charge in [-0.1, -0.05) is 54.4 Å². The highest BCUT2D eigenvalue weighted by atomic mass is 35.5. The Labute approximate surface area is 246 Å². The second-order valence-electron chi connectivity index (χ2n) is 8.71. The number of benzene rings is 3. The Morgan fingerprint density at radius 3 is 2.27 bits per heavy atom. The second-order valence-corrected chi connectivity index (χ2v) is 11.1. The number of ether oxygens (including phenoxy) is 2. The molecule has 1 fully saturated rings. The van der Waals surface area contributed by atoms with Crippen molar-refractivity contribution in [1.82, 2.24) is 10.2 Å². The molecule has 4 amide bonds. The molecule has 3 aromatic carbocycles. The Balaban J connectivity index is 1.59. The summed E-state index contributed by atoms with van der Waals surface area (Å²) in [6, 6.07) is 14.0. The number of amides is 4. The van der Waals surface area contributed by atoms with Gasteiger partial charge in [-0.15, -0.1) is 0 Å². The summed E-state index contributed by atoms with van der Waals surface area (Å²) in [6.45, 7) is 2.29. The number of halogens is 2. The summed E-state index contributed by atoms with van der Waals surface area (Å²) in [4.78, 5) is 39.2. The average molecular weight is 619 g/mol. The van der Waals surface area contributed by atoms with Gasteiger partial charge in [0.15, 0.2) is 17.2 Å². The number of methoxy groups -OCH3 is 1. The van der Waals surface area contributed by atoms with Crippen molar-refractivity contribution >= 4 is 57.2 Å². The van der Waals surface area contributed by atoms with Gasteiger partial charge >= 0.3 is 16.1 Å².